The molecule has 0 saturated carbocycles. The number of nitro groups is 1. The number of ether oxygens (including phenoxy) is 1. The van der Waals surface area contributed by atoms with Gasteiger partial charge in [0.2, 0.25) is 10.0 Å². The monoisotopic (exact) mass is 329 g/mol. The van der Waals surface area contributed by atoms with Crippen LogP contribution in [0.15, 0.2) is 23.1 Å². The van der Waals surface area contributed by atoms with Crippen molar-refractivity contribution in [3.8, 4) is 5.75 Å². The van der Waals surface area contributed by atoms with Gasteiger partial charge in [-0.05, 0) is 18.4 Å². The number of piperidine rings is 1. The van der Waals surface area contributed by atoms with Crippen molar-refractivity contribution in [1.29, 1.82) is 0 Å². The highest BCUT2D eigenvalue weighted by Gasteiger charge is 2.34. The van der Waals surface area contributed by atoms with E-state index >= 15 is 0 Å². The topological polar surface area (TPSA) is 116 Å². The fourth-order valence-corrected chi connectivity index (χ4v) is 4.19. The molecule has 1 aromatic carbocycles. The number of hydrogen-bond acceptors (Lipinski definition) is 6. The summed E-state index contributed by atoms with van der Waals surface area (Å²) >= 11 is 0. The largest absolute Gasteiger partial charge is 0.495 e. The lowest BCUT2D eigenvalue weighted by Crippen LogP contribution is -2.48. The first-order valence-electron chi connectivity index (χ1n) is 6.85. The van der Waals surface area contributed by atoms with E-state index in [9.17, 15) is 18.5 Å². The number of hydrogen-bond donors (Lipinski definition) is 1. The van der Waals surface area contributed by atoms with Crippen molar-refractivity contribution in [2.24, 2.45) is 11.7 Å². The Bertz CT molecular complexity index is 676. The van der Waals surface area contributed by atoms with Gasteiger partial charge in [-0.25, -0.2) is 8.42 Å². The average Bonchev–Trinajstić information content (AvgIpc) is 2.49. The second kappa shape index (κ2) is 6.19. The summed E-state index contributed by atoms with van der Waals surface area (Å²) in [4.78, 5) is 10.1. The number of nitro benzene ring substituents is 1. The summed E-state index contributed by atoms with van der Waals surface area (Å²) in [6.45, 7) is 2.46. The second-order valence-electron chi connectivity index (χ2n) is 5.39. The Kier molecular flexibility index (Phi) is 4.69. The summed E-state index contributed by atoms with van der Waals surface area (Å²) in [5, 5.41) is 10.9. The molecule has 0 amide bonds. The van der Waals surface area contributed by atoms with Crippen LogP contribution in [0.25, 0.3) is 0 Å². The molecule has 1 fully saturated rings. The lowest BCUT2D eigenvalue weighted by molar-refractivity contribution is -0.385. The van der Waals surface area contributed by atoms with E-state index in [-0.39, 0.29) is 34.8 Å². The Hall–Kier alpha value is -1.71. The van der Waals surface area contributed by atoms with Gasteiger partial charge in [0.25, 0.3) is 5.69 Å². The second-order valence-corrected chi connectivity index (χ2v) is 7.29. The summed E-state index contributed by atoms with van der Waals surface area (Å²) in [5.41, 5.74) is 5.62. The third-order valence-corrected chi connectivity index (χ3v) is 5.80. The van der Waals surface area contributed by atoms with E-state index in [1.807, 2.05) is 6.92 Å². The smallest absolute Gasteiger partial charge is 0.271 e. The van der Waals surface area contributed by atoms with Crippen molar-refractivity contribution in [2.45, 2.75) is 24.3 Å². The zero-order chi connectivity index (χ0) is 16.5. The van der Waals surface area contributed by atoms with Crippen molar-refractivity contribution in [3.63, 3.8) is 0 Å². The van der Waals surface area contributed by atoms with Crippen molar-refractivity contribution >= 4 is 15.7 Å². The summed E-state index contributed by atoms with van der Waals surface area (Å²) in [7, 11) is -2.54. The minimum absolute atomic E-state index is 0.0215. The molecule has 1 aliphatic rings. The molecule has 1 aliphatic heterocycles. The molecule has 8 nitrogen and oxygen atoms in total. The first-order valence-corrected chi connectivity index (χ1v) is 8.29. The minimum Gasteiger partial charge on any atom is -0.495 e. The molecule has 122 valence electrons. The summed E-state index contributed by atoms with van der Waals surface area (Å²) < 4.78 is 31.9. The number of benzene rings is 1. The van der Waals surface area contributed by atoms with Gasteiger partial charge in [0.1, 0.15) is 10.6 Å². The molecule has 1 aromatic rings. The molecule has 2 atom stereocenters. The predicted molar refractivity (Wildman–Crippen MR) is 80.2 cm³/mol. The van der Waals surface area contributed by atoms with Gasteiger partial charge >= 0.3 is 0 Å². The Morgan fingerprint density at radius 2 is 2.14 bits per heavy atom. The molecule has 2 N–H and O–H groups in total. The Labute approximate surface area is 129 Å². The normalized spacial score (nSPS) is 23.2. The van der Waals surface area contributed by atoms with Gasteiger partial charge in [-0.3, -0.25) is 10.1 Å². The van der Waals surface area contributed by atoms with Crippen molar-refractivity contribution in [2.75, 3.05) is 20.2 Å². The molecule has 22 heavy (non-hydrogen) atoms. The molecule has 9 heteroatoms. The fraction of sp³-hybridized carbons (Fsp3) is 0.538. The summed E-state index contributed by atoms with van der Waals surface area (Å²) in [6, 6.07) is 3.50. The van der Waals surface area contributed by atoms with Crippen LogP contribution in [0.5, 0.6) is 5.75 Å². The highest BCUT2D eigenvalue weighted by atomic mass is 32.2. The van der Waals surface area contributed by atoms with Crippen LogP contribution < -0.4 is 10.5 Å². The van der Waals surface area contributed by atoms with Gasteiger partial charge in [0.15, 0.2) is 0 Å². The Morgan fingerprint density at radius 1 is 1.45 bits per heavy atom. The molecule has 1 heterocycles. The van der Waals surface area contributed by atoms with Crippen LogP contribution in [-0.4, -0.2) is 43.9 Å². The zero-order valence-corrected chi connectivity index (χ0v) is 13.2. The lowest BCUT2D eigenvalue weighted by atomic mass is 9.96. The Balaban J connectivity index is 2.44. The van der Waals surface area contributed by atoms with Gasteiger partial charge < -0.3 is 10.5 Å². The molecule has 0 spiro atoms. The van der Waals surface area contributed by atoms with Gasteiger partial charge in [-0.2, -0.15) is 4.31 Å². The first kappa shape index (κ1) is 16.7. The van der Waals surface area contributed by atoms with Crippen LogP contribution in [0.3, 0.4) is 0 Å². The van der Waals surface area contributed by atoms with Crippen LogP contribution in [0.2, 0.25) is 0 Å². The maximum atomic E-state index is 12.8. The van der Waals surface area contributed by atoms with Gasteiger partial charge in [-0.15, -0.1) is 0 Å². The van der Waals surface area contributed by atoms with Gasteiger partial charge in [-0.1, -0.05) is 6.92 Å². The highest BCUT2D eigenvalue weighted by molar-refractivity contribution is 7.89. The van der Waals surface area contributed by atoms with E-state index in [2.05, 4.69) is 0 Å². The SMILES string of the molecule is COc1ccc([N+](=O)[O-])cc1S(=O)(=O)N1CCC(N)C(C)C1. The predicted octanol–water partition coefficient (Wildman–Crippen LogP) is 0.961. The van der Waals surface area contributed by atoms with Crippen LogP contribution in [-0.2, 0) is 10.0 Å². The number of nitrogens with zero attached hydrogens (tertiary/aromatic N) is 2. The van der Waals surface area contributed by atoms with E-state index in [1.165, 1.54) is 23.5 Å². The standard InChI is InChI=1S/C13H19N3O5S/c1-9-8-15(6-5-11(9)14)22(19,20)13-7-10(16(17)18)3-4-12(13)21-2/h3-4,7,9,11H,5-6,8,14H2,1-2H3. The van der Waals surface area contributed by atoms with Gasteiger partial charge in [0.05, 0.1) is 12.0 Å². The third-order valence-electron chi connectivity index (χ3n) is 3.91. The third kappa shape index (κ3) is 3.06. The molecule has 1 saturated heterocycles. The molecule has 0 aromatic heterocycles. The van der Waals surface area contributed by atoms with Crippen molar-refractivity contribution in [1.82, 2.24) is 4.31 Å². The molecule has 2 unspecified atom stereocenters. The van der Waals surface area contributed by atoms with Crippen LogP contribution in [0.1, 0.15) is 13.3 Å². The molecule has 2 rings (SSSR count). The average molecular weight is 329 g/mol. The van der Waals surface area contributed by atoms with Crippen molar-refractivity contribution < 1.29 is 18.1 Å². The quantitative estimate of drug-likeness (QED) is 0.650. The molecule has 0 radical (unpaired) electrons. The maximum Gasteiger partial charge on any atom is 0.271 e. The fourth-order valence-electron chi connectivity index (χ4n) is 2.46. The summed E-state index contributed by atoms with van der Waals surface area (Å²) in [5.74, 6) is 0.112. The van der Waals surface area contributed by atoms with Crippen LogP contribution in [0.4, 0.5) is 5.69 Å². The highest BCUT2D eigenvalue weighted by Crippen LogP contribution is 2.32. The van der Waals surface area contributed by atoms with Crippen LogP contribution in [0, 0.1) is 16.0 Å². The number of sulfonamides is 1. The van der Waals surface area contributed by atoms with E-state index in [1.54, 1.807) is 0 Å². The lowest BCUT2D eigenvalue weighted by Gasteiger charge is -2.34. The molecule has 0 aliphatic carbocycles. The van der Waals surface area contributed by atoms with E-state index in [4.69, 9.17) is 10.5 Å². The summed E-state index contributed by atoms with van der Waals surface area (Å²) in [6.07, 6.45) is 0.553. The van der Waals surface area contributed by atoms with Crippen LogP contribution >= 0.6 is 0 Å². The number of non-ortho nitro benzene ring substituents is 1. The van der Waals surface area contributed by atoms with Crippen molar-refractivity contribution in [3.05, 3.63) is 28.3 Å². The van der Waals surface area contributed by atoms with E-state index in [0.717, 1.165) is 6.07 Å². The molecule has 0 bridgehead atoms. The molecular formula is C13H19N3O5S. The Morgan fingerprint density at radius 3 is 2.68 bits per heavy atom. The number of nitrogens with two attached hydrogens (primary N) is 1. The minimum atomic E-state index is -3.87. The van der Waals surface area contributed by atoms with Gasteiger partial charge in [0, 0.05) is 31.3 Å². The zero-order valence-electron chi connectivity index (χ0n) is 12.4. The number of methoxy groups -OCH3 is 1. The molecular weight excluding hydrogens is 310 g/mol. The number of rotatable bonds is 4. The first-order chi connectivity index (χ1) is 10.3. The van der Waals surface area contributed by atoms with E-state index in [0.29, 0.717) is 13.0 Å². The van der Waals surface area contributed by atoms with E-state index < -0.39 is 14.9 Å². The maximum absolute atomic E-state index is 12.8.